The molecule has 1 aromatic rings. The Bertz CT molecular complexity index is 480. The number of nitrogens with two attached hydrogens (primary N) is 1. The van der Waals surface area contributed by atoms with E-state index in [0.717, 1.165) is 11.3 Å². The van der Waals surface area contributed by atoms with Gasteiger partial charge in [0.1, 0.15) is 4.99 Å². The van der Waals surface area contributed by atoms with E-state index in [1.807, 2.05) is 12.1 Å². The molecule has 1 atom stereocenters. The van der Waals surface area contributed by atoms with Crippen molar-refractivity contribution in [2.24, 2.45) is 11.1 Å². The summed E-state index contributed by atoms with van der Waals surface area (Å²) in [7, 11) is 0. The molecular formula is C16H24N2S. The molecule has 0 amide bonds. The van der Waals surface area contributed by atoms with Gasteiger partial charge in [-0.05, 0) is 36.8 Å². The summed E-state index contributed by atoms with van der Waals surface area (Å²) in [6.45, 7) is 6.81. The number of thiocarbonyl (C=S) groups is 1. The highest BCUT2D eigenvalue weighted by molar-refractivity contribution is 7.80. The van der Waals surface area contributed by atoms with Crippen molar-refractivity contribution in [2.75, 3.05) is 5.32 Å². The highest BCUT2D eigenvalue weighted by Gasteiger charge is 2.32. The molecule has 2 rings (SSSR count). The summed E-state index contributed by atoms with van der Waals surface area (Å²) < 4.78 is 0. The SMILES string of the molecule is Cc1cccc(C(N)=S)c1NC1CCCCC1(C)C. The molecule has 0 bridgehead atoms. The predicted molar refractivity (Wildman–Crippen MR) is 86.7 cm³/mol. The molecule has 1 fully saturated rings. The van der Waals surface area contributed by atoms with E-state index < -0.39 is 0 Å². The molecule has 3 heteroatoms. The maximum atomic E-state index is 5.85. The largest absolute Gasteiger partial charge is 0.389 e. The molecule has 1 aliphatic carbocycles. The highest BCUT2D eigenvalue weighted by atomic mass is 32.1. The third kappa shape index (κ3) is 3.08. The van der Waals surface area contributed by atoms with Gasteiger partial charge in [0.25, 0.3) is 0 Å². The van der Waals surface area contributed by atoms with Crippen molar-refractivity contribution < 1.29 is 0 Å². The summed E-state index contributed by atoms with van der Waals surface area (Å²) in [6.07, 6.45) is 5.13. The fourth-order valence-corrected chi connectivity index (χ4v) is 3.17. The molecule has 19 heavy (non-hydrogen) atoms. The lowest BCUT2D eigenvalue weighted by Crippen LogP contribution is -2.39. The maximum Gasteiger partial charge on any atom is 0.106 e. The number of rotatable bonds is 3. The first kappa shape index (κ1) is 14.3. The molecule has 0 aliphatic heterocycles. The molecule has 0 heterocycles. The van der Waals surface area contributed by atoms with Crippen LogP contribution in [-0.4, -0.2) is 11.0 Å². The number of hydrogen-bond acceptors (Lipinski definition) is 2. The van der Waals surface area contributed by atoms with Crippen LogP contribution in [0.4, 0.5) is 5.69 Å². The summed E-state index contributed by atoms with van der Waals surface area (Å²) in [4.78, 5) is 0.472. The minimum Gasteiger partial charge on any atom is -0.389 e. The third-order valence-corrected chi connectivity index (χ3v) is 4.58. The van der Waals surface area contributed by atoms with Crippen LogP contribution in [0.5, 0.6) is 0 Å². The van der Waals surface area contributed by atoms with Crippen LogP contribution in [0.2, 0.25) is 0 Å². The zero-order valence-corrected chi connectivity index (χ0v) is 12.9. The minimum atomic E-state index is 0.327. The van der Waals surface area contributed by atoms with E-state index in [9.17, 15) is 0 Å². The molecule has 1 aliphatic rings. The number of para-hydroxylation sites is 1. The van der Waals surface area contributed by atoms with E-state index in [1.165, 1.54) is 31.2 Å². The normalized spacial score (nSPS) is 21.9. The molecule has 0 radical (unpaired) electrons. The van der Waals surface area contributed by atoms with Gasteiger partial charge in [0.2, 0.25) is 0 Å². The fraction of sp³-hybridized carbons (Fsp3) is 0.562. The fourth-order valence-electron chi connectivity index (χ4n) is 3.00. The van der Waals surface area contributed by atoms with E-state index in [0.29, 0.717) is 16.4 Å². The molecule has 0 spiro atoms. The molecule has 0 aromatic heterocycles. The Balaban J connectivity index is 2.30. The van der Waals surface area contributed by atoms with Crippen molar-refractivity contribution in [3.63, 3.8) is 0 Å². The monoisotopic (exact) mass is 276 g/mol. The zero-order chi connectivity index (χ0) is 14.0. The second-order valence-electron chi connectivity index (χ2n) is 6.29. The molecule has 1 unspecified atom stereocenters. The Hall–Kier alpha value is -1.09. The first-order valence-corrected chi connectivity index (χ1v) is 7.48. The number of nitrogens with one attached hydrogen (secondary N) is 1. The van der Waals surface area contributed by atoms with Gasteiger partial charge >= 0.3 is 0 Å². The first-order valence-electron chi connectivity index (χ1n) is 7.08. The summed E-state index contributed by atoms with van der Waals surface area (Å²) in [5, 5.41) is 3.72. The summed E-state index contributed by atoms with van der Waals surface area (Å²) in [5.41, 5.74) is 9.48. The van der Waals surface area contributed by atoms with Crippen LogP contribution in [0.3, 0.4) is 0 Å². The van der Waals surface area contributed by atoms with Crippen molar-refractivity contribution >= 4 is 22.9 Å². The van der Waals surface area contributed by atoms with E-state index in [1.54, 1.807) is 0 Å². The molecule has 0 saturated heterocycles. The zero-order valence-electron chi connectivity index (χ0n) is 12.1. The van der Waals surface area contributed by atoms with E-state index in [2.05, 4.69) is 32.2 Å². The quantitative estimate of drug-likeness (QED) is 0.819. The molecule has 1 aromatic carbocycles. The Morgan fingerprint density at radius 1 is 1.37 bits per heavy atom. The predicted octanol–water partition coefficient (Wildman–Crippen LogP) is 4.01. The number of benzene rings is 1. The van der Waals surface area contributed by atoms with Crippen LogP contribution in [-0.2, 0) is 0 Å². The molecule has 2 nitrogen and oxygen atoms in total. The Morgan fingerprint density at radius 3 is 2.74 bits per heavy atom. The van der Waals surface area contributed by atoms with Gasteiger partial charge in [0.05, 0.1) is 0 Å². The maximum absolute atomic E-state index is 5.85. The average molecular weight is 276 g/mol. The summed E-state index contributed by atoms with van der Waals surface area (Å²) in [5.74, 6) is 0. The standard InChI is InChI=1S/C16H24N2S/c1-11-7-6-8-12(15(17)19)14(11)18-13-9-4-5-10-16(13,2)3/h6-8,13,18H,4-5,9-10H2,1-3H3,(H2,17,19). The van der Waals surface area contributed by atoms with E-state index in [-0.39, 0.29) is 0 Å². The van der Waals surface area contributed by atoms with E-state index >= 15 is 0 Å². The number of anilines is 1. The van der Waals surface area contributed by atoms with Crippen LogP contribution in [0, 0.1) is 12.3 Å². The first-order chi connectivity index (χ1) is 8.92. The Morgan fingerprint density at radius 2 is 2.11 bits per heavy atom. The smallest absolute Gasteiger partial charge is 0.106 e. The van der Waals surface area contributed by atoms with Gasteiger partial charge in [0, 0.05) is 17.3 Å². The highest BCUT2D eigenvalue weighted by Crippen LogP contribution is 2.38. The molecular weight excluding hydrogens is 252 g/mol. The second kappa shape index (κ2) is 5.49. The third-order valence-electron chi connectivity index (χ3n) is 4.36. The van der Waals surface area contributed by atoms with Crippen LogP contribution < -0.4 is 11.1 Å². The second-order valence-corrected chi connectivity index (χ2v) is 6.73. The van der Waals surface area contributed by atoms with Crippen molar-refractivity contribution in [1.82, 2.24) is 0 Å². The Labute approximate surface area is 121 Å². The van der Waals surface area contributed by atoms with Crippen LogP contribution in [0.1, 0.15) is 50.7 Å². The molecule has 3 N–H and O–H groups in total. The van der Waals surface area contributed by atoms with Gasteiger partial charge in [-0.2, -0.15) is 0 Å². The van der Waals surface area contributed by atoms with Crippen LogP contribution >= 0.6 is 12.2 Å². The minimum absolute atomic E-state index is 0.327. The summed E-state index contributed by atoms with van der Waals surface area (Å²) in [6, 6.07) is 6.63. The summed E-state index contributed by atoms with van der Waals surface area (Å²) >= 11 is 5.17. The van der Waals surface area contributed by atoms with Crippen molar-refractivity contribution in [2.45, 2.75) is 52.5 Å². The van der Waals surface area contributed by atoms with Gasteiger partial charge in [-0.25, -0.2) is 0 Å². The lowest BCUT2D eigenvalue weighted by molar-refractivity contribution is 0.217. The molecule has 104 valence electrons. The van der Waals surface area contributed by atoms with Gasteiger partial charge in [-0.1, -0.05) is 51.0 Å². The van der Waals surface area contributed by atoms with Crippen LogP contribution in [0.15, 0.2) is 18.2 Å². The topological polar surface area (TPSA) is 38.0 Å². The van der Waals surface area contributed by atoms with Gasteiger partial charge < -0.3 is 11.1 Å². The van der Waals surface area contributed by atoms with Crippen molar-refractivity contribution in [3.8, 4) is 0 Å². The van der Waals surface area contributed by atoms with Crippen molar-refractivity contribution in [3.05, 3.63) is 29.3 Å². The number of hydrogen-bond donors (Lipinski definition) is 2. The van der Waals surface area contributed by atoms with Gasteiger partial charge in [0.15, 0.2) is 0 Å². The van der Waals surface area contributed by atoms with Gasteiger partial charge in [-0.3, -0.25) is 0 Å². The van der Waals surface area contributed by atoms with Crippen molar-refractivity contribution in [1.29, 1.82) is 0 Å². The lowest BCUT2D eigenvalue weighted by atomic mass is 9.73. The number of aryl methyl sites for hydroxylation is 1. The van der Waals surface area contributed by atoms with E-state index in [4.69, 9.17) is 18.0 Å². The molecule has 1 saturated carbocycles. The average Bonchev–Trinajstić information content (AvgIpc) is 2.33. The lowest BCUT2D eigenvalue weighted by Gasteiger charge is -2.40. The van der Waals surface area contributed by atoms with Gasteiger partial charge in [-0.15, -0.1) is 0 Å². The Kier molecular flexibility index (Phi) is 4.14. The van der Waals surface area contributed by atoms with Crippen LogP contribution in [0.25, 0.3) is 0 Å².